The maximum Gasteiger partial charge on any atom is 0.145 e. The van der Waals surface area contributed by atoms with Crippen molar-refractivity contribution in [3.63, 3.8) is 0 Å². The number of rotatable bonds is 10. The number of halogens is 1. The van der Waals surface area contributed by atoms with E-state index in [2.05, 4.69) is 22.2 Å². The van der Waals surface area contributed by atoms with Crippen LogP contribution in [0.25, 0.3) is 0 Å². The summed E-state index contributed by atoms with van der Waals surface area (Å²) < 4.78 is 5.73. The van der Waals surface area contributed by atoms with Crippen LogP contribution in [0.2, 0.25) is 5.02 Å². The molecule has 0 aliphatic carbocycles. The van der Waals surface area contributed by atoms with E-state index in [1.807, 2.05) is 72.8 Å². The third-order valence-electron chi connectivity index (χ3n) is 5.28. The fourth-order valence-electron chi connectivity index (χ4n) is 3.73. The molecule has 0 aromatic heterocycles. The first-order valence-corrected chi connectivity index (χ1v) is 11.1. The fraction of sp³-hybridized carbons (Fsp3) is 0.269. The molecule has 32 heavy (non-hydrogen) atoms. The van der Waals surface area contributed by atoms with Crippen molar-refractivity contribution in [2.75, 3.05) is 19.7 Å². The number of aliphatic hydroxyl groups is 1. The summed E-state index contributed by atoms with van der Waals surface area (Å²) in [4.78, 5) is 7.92. The largest absolute Gasteiger partial charge is 0.491 e. The molecule has 0 radical (unpaired) electrons. The molecule has 4 rings (SSSR count). The highest BCUT2D eigenvalue weighted by Gasteiger charge is 2.26. The lowest BCUT2D eigenvalue weighted by Gasteiger charge is -2.27. The molecule has 5 nitrogen and oxygen atoms in total. The first-order valence-electron chi connectivity index (χ1n) is 10.8. The van der Waals surface area contributed by atoms with Gasteiger partial charge in [0, 0.05) is 31.1 Å². The Hall–Kier alpha value is -2.86. The minimum Gasteiger partial charge on any atom is -0.491 e. The second-order valence-corrected chi connectivity index (χ2v) is 8.37. The lowest BCUT2D eigenvalue weighted by molar-refractivity contribution is 0.0213. The van der Waals surface area contributed by atoms with E-state index in [9.17, 15) is 5.11 Å². The molecule has 0 saturated carbocycles. The zero-order chi connectivity index (χ0) is 22.2. The Kier molecular flexibility index (Phi) is 7.77. The van der Waals surface area contributed by atoms with Gasteiger partial charge in [-0.1, -0.05) is 77.4 Å². The summed E-state index contributed by atoms with van der Waals surface area (Å²) in [7, 11) is 0. The number of nitrogens with zero attached hydrogens (tertiary/aromatic N) is 2. The van der Waals surface area contributed by atoms with Crippen LogP contribution in [-0.4, -0.2) is 47.6 Å². The Labute approximate surface area is 193 Å². The highest BCUT2D eigenvalue weighted by molar-refractivity contribution is 6.30. The van der Waals surface area contributed by atoms with Crippen LogP contribution in [0.5, 0.6) is 5.75 Å². The Morgan fingerprint density at radius 2 is 1.69 bits per heavy atom. The fourth-order valence-corrected chi connectivity index (χ4v) is 3.86. The molecule has 0 spiro atoms. The number of aliphatic hydroxyl groups excluding tert-OH is 1. The van der Waals surface area contributed by atoms with Crippen LogP contribution in [0, 0.1) is 0 Å². The van der Waals surface area contributed by atoms with E-state index < -0.39 is 6.10 Å². The van der Waals surface area contributed by atoms with Crippen LogP contribution >= 0.6 is 11.6 Å². The SMILES string of the molecule is O[C@H](COc1ccccc1)CN(Cc1ccccc1)C[C@@H]1CC(c2ccc(Cl)cc2)=NO1. The number of hydrogen-bond acceptors (Lipinski definition) is 5. The van der Waals surface area contributed by atoms with Crippen LogP contribution in [0.1, 0.15) is 17.5 Å². The molecule has 3 aromatic rings. The summed E-state index contributed by atoms with van der Waals surface area (Å²) in [6.07, 6.45) is 0.00684. The molecule has 1 heterocycles. The van der Waals surface area contributed by atoms with Crippen molar-refractivity contribution < 1.29 is 14.7 Å². The number of benzene rings is 3. The van der Waals surface area contributed by atoms with Gasteiger partial charge in [0.05, 0.1) is 5.71 Å². The van der Waals surface area contributed by atoms with Gasteiger partial charge < -0.3 is 14.7 Å². The Bertz CT molecular complexity index is 997. The molecule has 6 heteroatoms. The average molecular weight is 451 g/mol. The molecule has 0 bridgehead atoms. The van der Waals surface area contributed by atoms with Crippen LogP contribution in [0.4, 0.5) is 0 Å². The van der Waals surface area contributed by atoms with Gasteiger partial charge in [0.1, 0.15) is 24.6 Å². The van der Waals surface area contributed by atoms with E-state index in [0.29, 0.717) is 31.1 Å². The van der Waals surface area contributed by atoms with Crippen molar-refractivity contribution in [1.82, 2.24) is 4.90 Å². The average Bonchev–Trinajstić information content (AvgIpc) is 3.28. The van der Waals surface area contributed by atoms with Gasteiger partial charge in [0.25, 0.3) is 0 Å². The zero-order valence-corrected chi connectivity index (χ0v) is 18.6. The first kappa shape index (κ1) is 22.3. The van der Waals surface area contributed by atoms with Gasteiger partial charge in [0.15, 0.2) is 0 Å². The van der Waals surface area contributed by atoms with E-state index in [4.69, 9.17) is 21.2 Å². The molecule has 3 aromatic carbocycles. The molecule has 0 amide bonds. The Morgan fingerprint density at radius 3 is 2.41 bits per heavy atom. The standard InChI is InChI=1S/C26H27ClN2O3/c27-22-13-11-21(12-14-22)26-15-25(32-28-26)18-29(16-20-7-3-1-4-8-20)17-23(30)19-31-24-9-5-2-6-10-24/h1-14,23,25,30H,15-19H2/t23-,25-/m0/s1. The first-order chi connectivity index (χ1) is 15.7. The molecular formula is C26H27ClN2O3. The number of oxime groups is 1. The van der Waals surface area contributed by atoms with E-state index >= 15 is 0 Å². The van der Waals surface area contributed by atoms with Gasteiger partial charge in [-0.2, -0.15) is 0 Å². The molecule has 1 N–H and O–H groups in total. The minimum atomic E-state index is -0.628. The van der Waals surface area contributed by atoms with Gasteiger partial charge in [-0.3, -0.25) is 4.90 Å². The summed E-state index contributed by atoms with van der Waals surface area (Å²) in [6.45, 7) is 2.06. The van der Waals surface area contributed by atoms with Gasteiger partial charge in [0.2, 0.25) is 0 Å². The maximum absolute atomic E-state index is 10.6. The third-order valence-corrected chi connectivity index (χ3v) is 5.53. The van der Waals surface area contributed by atoms with Gasteiger partial charge in [-0.25, -0.2) is 0 Å². The lowest BCUT2D eigenvalue weighted by atomic mass is 10.0. The monoisotopic (exact) mass is 450 g/mol. The molecule has 0 saturated heterocycles. The summed E-state index contributed by atoms with van der Waals surface area (Å²) in [6, 6.07) is 27.4. The molecule has 0 fully saturated rings. The predicted molar refractivity (Wildman–Crippen MR) is 127 cm³/mol. The minimum absolute atomic E-state index is 0.0772. The summed E-state index contributed by atoms with van der Waals surface area (Å²) in [5, 5.41) is 15.6. The second kappa shape index (κ2) is 11.1. The Morgan fingerprint density at radius 1 is 1.00 bits per heavy atom. The van der Waals surface area contributed by atoms with E-state index in [1.165, 1.54) is 5.56 Å². The van der Waals surface area contributed by atoms with Gasteiger partial charge in [-0.05, 0) is 35.4 Å². The topological polar surface area (TPSA) is 54.3 Å². The van der Waals surface area contributed by atoms with Crippen molar-refractivity contribution in [3.05, 3.63) is 101 Å². The summed E-state index contributed by atoms with van der Waals surface area (Å²) >= 11 is 5.99. The summed E-state index contributed by atoms with van der Waals surface area (Å²) in [5.41, 5.74) is 3.11. The normalized spacial score (nSPS) is 16.5. The van der Waals surface area contributed by atoms with Crippen molar-refractivity contribution in [3.8, 4) is 5.75 Å². The van der Waals surface area contributed by atoms with Crippen LogP contribution in [-0.2, 0) is 11.4 Å². The maximum atomic E-state index is 10.6. The van der Waals surface area contributed by atoms with Crippen molar-refractivity contribution >= 4 is 17.3 Å². The van der Waals surface area contributed by atoms with E-state index in [-0.39, 0.29) is 12.7 Å². The quantitative estimate of drug-likeness (QED) is 0.483. The van der Waals surface area contributed by atoms with Crippen LogP contribution in [0.15, 0.2) is 90.1 Å². The third kappa shape index (κ3) is 6.57. The van der Waals surface area contributed by atoms with E-state index in [0.717, 1.165) is 17.0 Å². The number of para-hydroxylation sites is 1. The number of ether oxygens (including phenoxy) is 1. The predicted octanol–water partition coefficient (Wildman–Crippen LogP) is 4.78. The van der Waals surface area contributed by atoms with Crippen molar-refractivity contribution in [2.45, 2.75) is 25.2 Å². The molecule has 1 aliphatic rings. The highest BCUT2D eigenvalue weighted by Crippen LogP contribution is 2.20. The molecule has 2 atom stereocenters. The smallest absolute Gasteiger partial charge is 0.145 e. The Balaban J connectivity index is 1.35. The molecular weight excluding hydrogens is 424 g/mol. The van der Waals surface area contributed by atoms with Crippen LogP contribution in [0.3, 0.4) is 0 Å². The zero-order valence-electron chi connectivity index (χ0n) is 17.8. The lowest BCUT2D eigenvalue weighted by Crippen LogP contribution is -2.39. The molecule has 166 valence electrons. The van der Waals surface area contributed by atoms with Crippen molar-refractivity contribution in [1.29, 1.82) is 0 Å². The second-order valence-electron chi connectivity index (χ2n) is 7.93. The van der Waals surface area contributed by atoms with E-state index in [1.54, 1.807) is 0 Å². The number of hydrogen-bond donors (Lipinski definition) is 1. The van der Waals surface area contributed by atoms with Crippen LogP contribution < -0.4 is 4.74 Å². The molecule has 0 unspecified atom stereocenters. The highest BCUT2D eigenvalue weighted by atomic mass is 35.5. The van der Waals surface area contributed by atoms with Gasteiger partial charge in [-0.15, -0.1) is 0 Å². The van der Waals surface area contributed by atoms with Gasteiger partial charge >= 0.3 is 0 Å². The van der Waals surface area contributed by atoms with Crippen molar-refractivity contribution in [2.24, 2.45) is 5.16 Å². The molecule has 1 aliphatic heterocycles. The summed E-state index contributed by atoms with van der Waals surface area (Å²) in [5.74, 6) is 0.751.